The minimum atomic E-state index is -0.317. The Morgan fingerprint density at radius 2 is 1.92 bits per heavy atom. The Labute approximate surface area is 149 Å². The number of nitrogens with zero attached hydrogens (tertiary/aromatic N) is 3. The number of hydrogen-bond donors (Lipinski definition) is 0. The lowest BCUT2D eigenvalue weighted by molar-refractivity contribution is 0.0998. The largest absolute Gasteiger partial charge is 0.378 e. The van der Waals surface area contributed by atoms with Crippen molar-refractivity contribution in [2.75, 3.05) is 19.0 Å². The van der Waals surface area contributed by atoms with Crippen LogP contribution in [0, 0.1) is 5.82 Å². The predicted octanol–water partition coefficient (Wildman–Crippen LogP) is 4.06. The molecule has 0 saturated carbocycles. The number of para-hydroxylation sites is 1. The lowest BCUT2D eigenvalue weighted by Gasteiger charge is -2.11. The van der Waals surface area contributed by atoms with Gasteiger partial charge in [-0.25, -0.2) is 4.39 Å². The van der Waals surface area contributed by atoms with Gasteiger partial charge in [-0.05, 0) is 42.8 Å². The molecule has 130 valence electrons. The van der Waals surface area contributed by atoms with E-state index < -0.39 is 0 Å². The number of amides is 1. The second-order valence-electron chi connectivity index (χ2n) is 5.98. The Morgan fingerprint density at radius 3 is 2.56 bits per heavy atom. The van der Waals surface area contributed by atoms with Crippen molar-refractivity contribution in [1.29, 1.82) is 0 Å². The minimum Gasteiger partial charge on any atom is -0.378 e. The molecule has 0 fully saturated rings. The standard InChI is InChI=1S/C19H20FN3OS/c1-4-12-23-17-15(20)6-5-7-16(17)25-19(23)21-18(24)13-8-10-14(11-9-13)22(2)3/h5-11H,4,12H2,1-3H3. The second-order valence-corrected chi connectivity index (χ2v) is 6.99. The van der Waals surface area contributed by atoms with Crippen LogP contribution < -0.4 is 9.70 Å². The number of aryl methyl sites for hydroxylation is 1. The number of hydrogen-bond acceptors (Lipinski definition) is 3. The zero-order chi connectivity index (χ0) is 18.0. The molecule has 6 heteroatoms. The summed E-state index contributed by atoms with van der Waals surface area (Å²) in [6.07, 6.45) is 0.832. The summed E-state index contributed by atoms with van der Waals surface area (Å²) in [5.41, 5.74) is 2.05. The Morgan fingerprint density at radius 1 is 1.20 bits per heavy atom. The van der Waals surface area contributed by atoms with Crippen LogP contribution >= 0.6 is 11.3 Å². The van der Waals surface area contributed by atoms with Crippen molar-refractivity contribution in [3.05, 3.63) is 58.6 Å². The van der Waals surface area contributed by atoms with E-state index >= 15 is 0 Å². The molecular formula is C19H20FN3OS. The van der Waals surface area contributed by atoms with Gasteiger partial charge in [0, 0.05) is 31.9 Å². The van der Waals surface area contributed by atoms with Crippen molar-refractivity contribution in [1.82, 2.24) is 4.57 Å². The SMILES string of the molecule is CCCn1c(=NC(=O)c2ccc(N(C)C)cc2)sc2cccc(F)c21. The molecular weight excluding hydrogens is 337 g/mol. The second kappa shape index (κ2) is 7.19. The van der Waals surface area contributed by atoms with Crippen molar-refractivity contribution >= 4 is 33.1 Å². The molecule has 3 rings (SSSR count). The first kappa shape index (κ1) is 17.4. The van der Waals surface area contributed by atoms with Gasteiger partial charge < -0.3 is 9.47 Å². The van der Waals surface area contributed by atoms with Crippen molar-refractivity contribution < 1.29 is 9.18 Å². The molecule has 0 bridgehead atoms. The maximum Gasteiger partial charge on any atom is 0.279 e. The van der Waals surface area contributed by atoms with E-state index in [0.717, 1.165) is 16.8 Å². The summed E-state index contributed by atoms with van der Waals surface area (Å²) in [4.78, 5) is 19.3. The molecule has 0 radical (unpaired) electrons. The number of anilines is 1. The van der Waals surface area contributed by atoms with Crippen LogP contribution in [0.1, 0.15) is 23.7 Å². The maximum atomic E-state index is 14.2. The van der Waals surface area contributed by atoms with Gasteiger partial charge in [0.15, 0.2) is 4.80 Å². The van der Waals surface area contributed by atoms with Gasteiger partial charge in [-0.2, -0.15) is 4.99 Å². The van der Waals surface area contributed by atoms with Gasteiger partial charge in [-0.15, -0.1) is 0 Å². The molecule has 0 saturated heterocycles. The molecule has 0 atom stereocenters. The molecule has 3 aromatic rings. The van der Waals surface area contributed by atoms with Crippen molar-refractivity contribution in [3.8, 4) is 0 Å². The number of halogens is 1. The highest BCUT2D eigenvalue weighted by molar-refractivity contribution is 7.16. The zero-order valence-electron chi connectivity index (χ0n) is 14.5. The van der Waals surface area contributed by atoms with E-state index in [1.165, 1.54) is 17.4 Å². The summed E-state index contributed by atoms with van der Waals surface area (Å²) in [5, 5.41) is 0. The van der Waals surface area contributed by atoms with Crippen LogP contribution in [-0.2, 0) is 6.54 Å². The normalized spacial score (nSPS) is 11.9. The first-order valence-corrected chi connectivity index (χ1v) is 8.97. The summed E-state index contributed by atoms with van der Waals surface area (Å²) in [7, 11) is 3.89. The molecule has 1 amide bonds. The fourth-order valence-electron chi connectivity index (χ4n) is 2.66. The van der Waals surface area contributed by atoms with Crippen LogP contribution in [0.5, 0.6) is 0 Å². The van der Waals surface area contributed by atoms with Crippen LogP contribution in [0.15, 0.2) is 47.5 Å². The van der Waals surface area contributed by atoms with E-state index in [2.05, 4.69) is 4.99 Å². The Balaban J connectivity index is 2.06. The Hall–Kier alpha value is -2.47. The van der Waals surface area contributed by atoms with Crippen molar-refractivity contribution in [3.63, 3.8) is 0 Å². The molecule has 0 aliphatic rings. The average Bonchev–Trinajstić information content (AvgIpc) is 2.94. The lowest BCUT2D eigenvalue weighted by Crippen LogP contribution is -2.17. The third-order valence-electron chi connectivity index (χ3n) is 3.93. The molecule has 4 nitrogen and oxygen atoms in total. The first-order valence-electron chi connectivity index (χ1n) is 8.15. The van der Waals surface area contributed by atoms with E-state index in [1.54, 1.807) is 22.8 Å². The van der Waals surface area contributed by atoms with E-state index in [9.17, 15) is 9.18 Å². The topological polar surface area (TPSA) is 37.6 Å². The Kier molecular flexibility index (Phi) is 4.99. The number of benzene rings is 2. The van der Waals surface area contributed by atoms with Gasteiger partial charge in [0.25, 0.3) is 5.91 Å². The van der Waals surface area contributed by atoms with Crippen LogP contribution in [0.3, 0.4) is 0 Å². The van der Waals surface area contributed by atoms with Gasteiger partial charge in [0.2, 0.25) is 0 Å². The number of rotatable bonds is 4. The van der Waals surface area contributed by atoms with E-state index in [1.807, 2.05) is 44.1 Å². The highest BCUT2D eigenvalue weighted by atomic mass is 32.1. The molecule has 0 N–H and O–H groups in total. The highest BCUT2D eigenvalue weighted by Gasteiger charge is 2.12. The third-order valence-corrected chi connectivity index (χ3v) is 4.97. The van der Waals surface area contributed by atoms with Crippen LogP contribution in [0.4, 0.5) is 10.1 Å². The van der Waals surface area contributed by atoms with Gasteiger partial charge in [0.05, 0.1) is 10.2 Å². The molecule has 0 aliphatic heterocycles. The van der Waals surface area contributed by atoms with E-state index in [-0.39, 0.29) is 11.7 Å². The zero-order valence-corrected chi connectivity index (χ0v) is 15.3. The van der Waals surface area contributed by atoms with E-state index in [4.69, 9.17) is 0 Å². The van der Waals surface area contributed by atoms with Crippen LogP contribution in [0.25, 0.3) is 10.2 Å². The fraction of sp³-hybridized carbons (Fsp3) is 0.263. The van der Waals surface area contributed by atoms with Gasteiger partial charge in [0.1, 0.15) is 5.82 Å². The molecule has 1 heterocycles. The molecule has 2 aromatic carbocycles. The average molecular weight is 357 g/mol. The number of fused-ring (bicyclic) bond motifs is 1. The molecule has 0 unspecified atom stereocenters. The number of carbonyl (C=O) groups excluding carboxylic acids is 1. The van der Waals surface area contributed by atoms with Gasteiger partial charge in [-0.3, -0.25) is 4.79 Å². The van der Waals surface area contributed by atoms with Gasteiger partial charge in [-0.1, -0.05) is 24.3 Å². The number of aromatic nitrogens is 1. The van der Waals surface area contributed by atoms with Crippen LogP contribution in [-0.4, -0.2) is 24.6 Å². The predicted molar refractivity (Wildman–Crippen MR) is 101 cm³/mol. The molecule has 0 spiro atoms. The first-order chi connectivity index (χ1) is 12.0. The smallest absolute Gasteiger partial charge is 0.279 e. The van der Waals surface area contributed by atoms with Crippen LogP contribution in [0.2, 0.25) is 0 Å². The third kappa shape index (κ3) is 3.49. The lowest BCUT2D eigenvalue weighted by atomic mass is 10.2. The minimum absolute atomic E-state index is 0.286. The quantitative estimate of drug-likeness (QED) is 0.706. The van der Waals surface area contributed by atoms with Gasteiger partial charge >= 0.3 is 0 Å². The molecule has 0 aliphatic carbocycles. The summed E-state index contributed by atoms with van der Waals surface area (Å²) >= 11 is 1.34. The molecule has 1 aromatic heterocycles. The van der Waals surface area contributed by atoms with Crippen molar-refractivity contribution in [2.45, 2.75) is 19.9 Å². The summed E-state index contributed by atoms with van der Waals surface area (Å²) < 4.78 is 16.8. The summed E-state index contributed by atoms with van der Waals surface area (Å²) in [5.74, 6) is -0.603. The maximum absolute atomic E-state index is 14.2. The Bertz CT molecular complexity index is 970. The number of carbonyl (C=O) groups is 1. The highest BCUT2D eigenvalue weighted by Crippen LogP contribution is 2.21. The summed E-state index contributed by atoms with van der Waals surface area (Å²) in [6.45, 7) is 2.63. The number of thiazole rings is 1. The summed E-state index contributed by atoms with van der Waals surface area (Å²) in [6, 6.07) is 12.3. The van der Waals surface area contributed by atoms with E-state index in [0.29, 0.717) is 22.4 Å². The monoisotopic (exact) mass is 357 g/mol. The fourth-order valence-corrected chi connectivity index (χ4v) is 3.73. The molecule has 25 heavy (non-hydrogen) atoms. The van der Waals surface area contributed by atoms with Crippen molar-refractivity contribution in [2.24, 2.45) is 4.99 Å².